The average molecular weight is 433 g/mol. The van der Waals surface area contributed by atoms with Crippen molar-refractivity contribution < 1.29 is 9.84 Å². The summed E-state index contributed by atoms with van der Waals surface area (Å²) in [5.74, 6) is 0.908. The number of aliphatic hydroxyl groups excluding tert-OH is 1. The van der Waals surface area contributed by atoms with E-state index in [0.717, 1.165) is 57.0 Å². The van der Waals surface area contributed by atoms with Crippen LogP contribution in [-0.4, -0.2) is 54.7 Å². The highest BCUT2D eigenvalue weighted by molar-refractivity contribution is 7.17. The van der Waals surface area contributed by atoms with Crippen molar-refractivity contribution in [2.24, 2.45) is 0 Å². The van der Waals surface area contributed by atoms with Crippen LogP contribution >= 0.6 is 23.7 Å². The Kier molecular flexibility index (Phi) is 7.92. The molecule has 3 aromatic rings. The van der Waals surface area contributed by atoms with Crippen LogP contribution in [0.25, 0.3) is 10.1 Å². The van der Waals surface area contributed by atoms with Crippen molar-refractivity contribution in [2.75, 3.05) is 39.8 Å². The average Bonchev–Trinajstić information content (AvgIpc) is 3.18. The Labute approximate surface area is 183 Å². The van der Waals surface area contributed by atoms with Crippen molar-refractivity contribution in [1.29, 1.82) is 0 Å². The van der Waals surface area contributed by atoms with Crippen molar-refractivity contribution in [1.82, 2.24) is 9.80 Å². The molecule has 1 fully saturated rings. The van der Waals surface area contributed by atoms with Crippen LogP contribution in [-0.2, 0) is 6.54 Å². The monoisotopic (exact) mass is 432 g/mol. The Balaban J connectivity index is 0.00000240. The molecule has 0 aliphatic carbocycles. The van der Waals surface area contributed by atoms with Crippen LogP contribution in [0.4, 0.5) is 0 Å². The first-order valence-corrected chi connectivity index (χ1v) is 10.8. The number of methoxy groups -OCH3 is 1. The number of nitrogens with zero attached hydrogens (tertiary/aromatic N) is 2. The molecule has 0 spiro atoms. The molecular weight excluding hydrogens is 404 g/mol. The normalized spacial score (nSPS) is 16.5. The summed E-state index contributed by atoms with van der Waals surface area (Å²) in [6, 6.07) is 16.7. The molecule has 1 aliphatic rings. The van der Waals surface area contributed by atoms with E-state index in [1.54, 1.807) is 18.4 Å². The summed E-state index contributed by atoms with van der Waals surface area (Å²) in [6.07, 6.45) is 0.410. The molecule has 156 valence electrons. The molecule has 1 atom stereocenters. The Hall–Kier alpha value is -1.63. The van der Waals surface area contributed by atoms with Gasteiger partial charge in [-0.05, 0) is 46.5 Å². The van der Waals surface area contributed by atoms with E-state index >= 15 is 0 Å². The second kappa shape index (κ2) is 10.4. The molecule has 29 heavy (non-hydrogen) atoms. The van der Waals surface area contributed by atoms with E-state index in [9.17, 15) is 5.11 Å². The van der Waals surface area contributed by atoms with Crippen molar-refractivity contribution in [2.45, 2.75) is 19.1 Å². The quantitative estimate of drug-likeness (QED) is 0.593. The molecule has 2 heterocycles. The standard InChI is InChI=1S/C23H28N2O2S.ClH/c1-27-19-8-6-18(7-9-19)16-25-14-12-24(13-15-25)11-10-22(26)21-17-28-23-5-3-2-4-20(21)23;/h2-9,17,22,26H,10-16H2,1H3;1H. The maximum Gasteiger partial charge on any atom is 0.118 e. The van der Waals surface area contributed by atoms with Gasteiger partial charge in [-0.2, -0.15) is 0 Å². The van der Waals surface area contributed by atoms with Crippen LogP contribution in [0.1, 0.15) is 23.7 Å². The lowest BCUT2D eigenvalue weighted by molar-refractivity contribution is 0.0999. The minimum atomic E-state index is -0.381. The summed E-state index contributed by atoms with van der Waals surface area (Å²) in [4.78, 5) is 4.98. The third kappa shape index (κ3) is 5.50. The fourth-order valence-electron chi connectivity index (χ4n) is 3.88. The molecule has 0 saturated carbocycles. The summed E-state index contributed by atoms with van der Waals surface area (Å²) in [5.41, 5.74) is 2.41. The van der Waals surface area contributed by atoms with E-state index in [4.69, 9.17) is 4.74 Å². The zero-order valence-corrected chi connectivity index (χ0v) is 18.4. The molecule has 1 aromatic heterocycles. The van der Waals surface area contributed by atoms with E-state index in [1.165, 1.54) is 15.6 Å². The number of hydrogen-bond acceptors (Lipinski definition) is 5. The predicted molar refractivity (Wildman–Crippen MR) is 123 cm³/mol. The minimum absolute atomic E-state index is 0. The fraction of sp³-hybridized carbons (Fsp3) is 0.391. The number of halogens is 1. The second-order valence-corrected chi connectivity index (χ2v) is 8.37. The second-order valence-electron chi connectivity index (χ2n) is 7.46. The summed E-state index contributed by atoms with van der Waals surface area (Å²) in [7, 11) is 1.70. The van der Waals surface area contributed by atoms with Gasteiger partial charge < -0.3 is 14.7 Å². The zero-order valence-electron chi connectivity index (χ0n) is 16.8. The molecule has 0 radical (unpaired) electrons. The predicted octanol–water partition coefficient (Wildman–Crippen LogP) is 4.57. The molecule has 6 heteroatoms. The lowest BCUT2D eigenvalue weighted by atomic mass is 10.1. The summed E-state index contributed by atoms with van der Waals surface area (Å²) >= 11 is 1.72. The number of benzene rings is 2. The van der Waals surface area contributed by atoms with Gasteiger partial charge in [-0.3, -0.25) is 4.90 Å². The number of aliphatic hydroxyl groups is 1. The highest BCUT2D eigenvalue weighted by Gasteiger charge is 2.19. The van der Waals surface area contributed by atoms with Gasteiger partial charge in [0.2, 0.25) is 0 Å². The Morgan fingerprint density at radius 1 is 1.00 bits per heavy atom. The van der Waals surface area contributed by atoms with E-state index in [2.05, 4.69) is 45.5 Å². The number of hydrogen-bond donors (Lipinski definition) is 1. The van der Waals surface area contributed by atoms with Gasteiger partial charge in [-0.25, -0.2) is 0 Å². The van der Waals surface area contributed by atoms with Crippen molar-refractivity contribution in [3.8, 4) is 5.75 Å². The van der Waals surface area contributed by atoms with Gasteiger partial charge >= 0.3 is 0 Å². The van der Waals surface area contributed by atoms with Crippen LogP contribution < -0.4 is 4.74 Å². The van der Waals surface area contributed by atoms with Gasteiger partial charge in [-0.1, -0.05) is 30.3 Å². The Morgan fingerprint density at radius 3 is 2.41 bits per heavy atom. The zero-order chi connectivity index (χ0) is 19.3. The molecule has 2 aromatic carbocycles. The minimum Gasteiger partial charge on any atom is -0.497 e. The SMILES string of the molecule is COc1ccc(CN2CCN(CCC(O)c3csc4ccccc34)CC2)cc1.Cl. The third-order valence-electron chi connectivity index (χ3n) is 5.62. The molecule has 1 saturated heterocycles. The maximum atomic E-state index is 10.7. The highest BCUT2D eigenvalue weighted by atomic mass is 35.5. The van der Waals surface area contributed by atoms with Crippen LogP contribution in [0.3, 0.4) is 0 Å². The van der Waals surface area contributed by atoms with Gasteiger partial charge in [0, 0.05) is 44.0 Å². The Morgan fingerprint density at radius 2 is 1.69 bits per heavy atom. The topological polar surface area (TPSA) is 35.9 Å². The van der Waals surface area contributed by atoms with Crippen molar-refractivity contribution in [3.63, 3.8) is 0 Å². The van der Waals surface area contributed by atoms with Gasteiger partial charge in [0.15, 0.2) is 0 Å². The van der Waals surface area contributed by atoms with Gasteiger partial charge in [0.25, 0.3) is 0 Å². The highest BCUT2D eigenvalue weighted by Crippen LogP contribution is 2.31. The molecule has 1 N–H and O–H groups in total. The number of piperazine rings is 1. The van der Waals surface area contributed by atoms with Crippen molar-refractivity contribution >= 4 is 33.8 Å². The van der Waals surface area contributed by atoms with Gasteiger partial charge in [-0.15, -0.1) is 23.7 Å². The van der Waals surface area contributed by atoms with E-state index < -0.39 is 0 Å². The maximum absolute atomic E-state index is 10.7. The number of ether oxygens (including phenoxy) is 1. The first kappa shape index (κ1) is 22.1. The molecule has 1 aliphatic heterocycles. The molecular formula is C23H29ClN2O2S. The van der Waals surface area contributed by atoms with Crippen LogP contribution in [0.15, 0.2) is 53.9 Å². The van der Waals surface area contributed by atoms with Crippen LogP contribution in [0.5, 0.6) is 5.75 Å². The number of fused-ring (bicyclic) bond motifs is 1. The van der Waals surface area contributed by atoms with Crippen molar-refractivity contribution in [3.05, 3.63) is 65.0 Å². The molecule has 0 bridgehead atoms. The number of rotatable bonds is 7. The molecule has 0 amide bonds. The third-order valence-corrected chi connectivity index (χ3v) is 6.60. The largest absolute Gasteiger partial charge is 0.497 e. The van der Waals surface area contributed by atoms with Gasteiger partial charge in [0.1, 0.15) is 5.75 Å². The first-order valence-electron chi connectivity index (χ1n) is 9.95. The lowest BCUT2D eigenvalue weighted by Crippen LogP contribution is -2.46. The van der Waals surface area contributed by atoms with E-state index in [1.807, 2.05) is 18.2 Å². The summed E-state index contributed by atoms with van der Waals surface area (Å²) < 4.78 is 6.48. The molecule has 1 unspecified atom stereocenters. The lowest BCUT2D eigenvalue weighted by Gasteiger charge is -2.35. The Bertz CT molecular complexity index is 891. The van der Waals surface area contributed by atoms with E-state index in [-0.39, 0.29) is 18.5 Å². The van der Waals surface area contributed by atoms with Crippen LogP contribution in [0, 0.1) is 0 Å². The smallest absolute Gasteiger partial charge is 0.118 e. The summed E-state index contributed by atoms with van der Waals surface area (Å²) in [5, 5.41) is 14.0. The van der Waals surface area contributed by atoms with Crippen LogP contribution in [0.2, 0.25) is 0 Å². The first-order chi connectivity index (χ1) is 13.7. The summed E-state index contributed by atoms with van der Waals surface area (Å²) in [6.45, 7) is 6.20. The molecule has 4 rings (SSSR count). The number of thiophene rings is 1. The molecule has 4 nitrogen and oxygen atoms in total. The fourth-order valence-corrected chi connectivity index (χ4v) is 4.88. The van der Waals surface area contributed by atoms with E-state index in [0.29, 0.717) is 0 Å². The van der Waals surface area contributed by atoms with Gasteiger partial charge in [0.05, 0.1) is 13.2 Å².